The number of aryl methyl sites for hydroxylation is 1. The first kappa shape index (κ1) is 19.7. The minimum atomic E-state index is 0.147. The number of hydrogen-bond acceptors (Lipinski definition) is 4. The second kappa shape index (κ2) is 8.44. The van der Waals surface area contributed by atoms with Crippen molar-refractivity contribution in [1.29, 1.82) is 0 Å². The van der Waals surface area contributed by atoms with Gasteiger partial charge in [-0.25, -0.2) is 4.98 Å². The van der Waals surface area contributed by atoms with Gasteiger partial charge in [-0.2, -0.15) is 0 Å². The molecule has 1 atom stereocenters. The maximum Gasteiger partial charge on any atom is 0.254 e. The van der Waals surface area contributed by atoms with Crippen molar-refractivity contribution in [1.82, 2.24) is 9.88 Å². The lowest BCUT2D eigenvalue weighted by Gasteiger charge is -2.37. The molecule has 2 aliphatic rings. The standard InChI is InChI=1S/C24H32N4O/c1-18-6-5-11-28(17-18)24(29)21-9-10-25-23(16-21)27-14-12-26(13-15-27)22-8-4-7-19(2)20(22)3/h4,7-10,16,18H,5-6,11-15,17H2,1-3H3. The molecule has 3 heterocycles. The van der Waals surface area contributed by atoms with Gasteiger partial charge in [-0.3, -0.25) is 4.79 Å². The van der Waals surface area contributed by atoms with Crippen LogP contribution in [0.3, 0.4) is 0 Å². The fourth-order valence-electron chi connectivity index (χ4n) is 4.54. The molecule has 2 fully saturated rings. The van der Waals surface area contributed by atoms with Crippen molar-refractivity contribution in [3.05, 3.63) is 53.2 Å². The zero-order valence-corrected chi connectivity index (χ0v) is 17.9. The molecule has 154 valence electrons. The lowest BCUT2D eigenvalue weighted by atomic mass is 9.99. The van der Waals surface area contributed by atoms with Gasteiger partial charge in [0.05, 0.1) is 0 Å². The summed E-state index contributed by atoms with van der Waals surface area (Å²) >= 11 is 0. The van der Waals surface area contributed by atoms with Crippen LogP contribution >= 0.6 is 0 Å². The van der Waals surface area contributed by atoms with Gasteiger partial charge in [0.25, 0.3) is 5.91 Å². The van der Waals surface area contributed by atoms with Crippen LogP contribution in [0, 0.1) is 19.8 Å². The van der Waals surface area contributed by atoms with E-state index in [4.69, 9.17) is 0 Å². The minimum absolute atomic E-state index is 0.147. The van der Waals surface area contributed by atoms with Crippen molar-refractivity contribution in [2.45, 2.75) is 33.6 Å². The Labute approximate surface area is 174 Å². The van der Waals surface area contributed by atoms with Gasteiger partial charge in [-0.1, -0.05) is 19.1 Å². The molecule has 0 aliphatic carbocycles. The third kappa shape index (κ3) is 4.24. The molecule has 0 bridgehead atoms. The highest BCUT2D eigenvalue weighted by Crippen LogP contribution is 2.25. The molecule has 0 N–H and O–H groups in total. The van der Waals surface area contributed by atoms with Crippen molar-refractivity contribution < 1.29 is 4.79 Å². The second-order valence-corrected chi connectivity index (χ2v) is 8.59. The first-order chi connectivity index (χ1) is 14.0. The number of piperazine rings is 1. The van der Waals surface area contributed by atoms with Crippen molar-refractivity contribution in [3.8, 4) is 0 Å². The first-order valence-electron chi connectivity index (χ1n) is 10.8. The Bertz CT molecular complexity index is 873. The number of anilines is 2. The highest BCUT2D eigenvalue weighted by Gasteiger charge is 2.24. The Balaban J connectivity index is 1.43. The minimum Gasteiger partial charge on any atom is -0.368 e. The van der Waals surface area contributed by atoms with Crippen LogP contribution in [0.1, 0.15) is 41.3 Å². The molecule has 1 aromatic carbocycles. The third-order valence-electron chi connectivity index (χ3n) is 6.46. The van der Waals surface area contributed by atoms with Gasteiger partial charge in [-0.15, -0.1) is 0 Å². The van der Waals surface area contributed by atoms with Gasteiger partial charge >= 0.3 is 0 Å². The van der Waals surface area contributed by atoms with Crippen LogP contribution < -0.4 is 9.80 Å². The van der Waals surface area contributed by atoms with Crippen LogP contribution in [0.2, 0.25) is 0 Å². The van der Waals surface area contributed by atoms with Crippen LogP contribution in [0.25, 0.3) is 0 Å². The summed E-state index contributed by atoms with van der Waals surface area (Å²) in [6.45, 7) is 12.1. The highest BCUT2D eigenvalue weighted by molar-refractivity contribution is 5.95. The number of likely N-dealkylation sites (tertiary alicyclic amines) is 1. The normalized spacial score (nSPS) is 20.1. The maximum absolute atomic E-state index is 13.0. The number of carbonyl (C=O) groups excluding carboxylic acids is 1. The number of nitrogens with zero attached hydrogens (tertiary/aromatic N) is 4. The predicted molar refractivity (Wildman–Crippen MR) is 119 cm³/mol. The summed E-state index contributed by atoms with van der Waals surface area (Å²) in [5.74, 6) is 1.66. The Morgan fingerprint density at radius 1 is 1.03 bits per heavy atom. The molecule has 0 saturated carbocycles. The van der Waals surface area contributed by atoms with Gasteiger partial charge in [-0.05, 0) is 61.9 Å². The number of amides is 1. The van der Waals surface area contributed by atoms with E-state index in [0.29, 0.717) is 5.92 Å². The molecule has 4 rings (SSSR count). The lowest BCUT2D eigenvalue weighted by molar-refractivity contribution is 0.0683. The topological polar surface area (TPSA) is 39.7 Å². The monoisotopic (exact) mass is 392 g/mol. The Kier molecular flexibility index (Phi) is 5.74. The Hall–Kier alpha value is -2.56. The molecule has 1 aromatic heterocycles. The molecular formula is C24H32N4O. The van der Waals surface area contributed by atoms with E-state index in [0.717, 1.165) is 57.1 Å². The average Bonchev–Trinajstić information content (AvgIpc) is 2.75. The summed E-state index contributed by atoms with van der Waals surface area (Å²) in [5.41, 5.74) is 4.80. The number of rotatable bonds is 3. The quantitative estimate of drug-likeness (QED) is 0.794. The fourth-order valence-corrected chi connectivity index (χ4v) is 4.54. The van der Waals surface area contributed by atoms with Crippen molar-refractivity contribution in [2.24, 2.45) is 5.92 Å². The summed E-state index contributed by atoms with van der Waals surface area (Å²) in [5, 5.41) is 0. The van der Waals surface area contributed by atoms with Gasteiger partial charge in [0.1, 0.15) is 5.82 Å². The van der Waals surface area contributed by atoms with Crippen LogP contribution in [0.15, 0.2) is 36.5 Å². The molecule has 5 nitrogen and oxygen atoms in total. The molecule has 1 amide bonds. The fraction of sp³-hybridized carbons (Fsp3) is 0.500. The van der Waals surface area contributed by atoms with Crippen LogP contribution in [-0.2, 0) is 0 Å². The molecule has 0 radical (unpaired) electrons. The zero-order valence-electron chi connectivity index (χ0n) is 17.9. The van der Waals surface area contributed by atoms with Crippen molar-refractivity contribution in [2.75, 3.05) is 49.1 Å². The molecule has 29 heavy (non-hydrogen) atoms. The largest absolute Gasteiger partial charge is 0.368 e. The van der Waals surface area contributed by atoms with Crippen LogP contribution in [0.5, 0.6) is 0 Å². The second-order valence-electron chi connectivity index (χ2n) is 8.59. The molecule has 2 saturated heterocycles. The van der Waals surface area contributed by atoms with Gasteiger partial charge in [0.2, 0.25) is 0 Å². The van der Waals surface area contributed by atoms with E-state index in [1.165, 1.54) is 23.2 Å². The summed E-state index contributed by atoms with van der Waals surface area (Å²) in [7, 11) is 0. The molecular weight excluding hydrogens is 360 g/mol. The number of hydrogen-bond donors (Lipinski definition) is 0. The maximum atomic E-state index is 13.0. The van der Waals surface area contributed by atoms with Crippen molar-refractivity contribution in [3.63, 3.8) is 0 Å². The number of piperidine rings is 1. The Morgan fingerprint density at radius 2 is 1.79 bits per heavy atom. The van der Waals surface area contributed by atoms with Crippen molar-refractivity contribution >= 4 is 17.4 Å². The SMILES string of the molecule is Cc1cccc(N2CCN(c3cc(C(=O)N4CCCC(C)C4)ccn3)CC2)c1C. The average molecular weight is 393 g/mol. The highest BCUT2D eigenvalue weighted by atomic mass is 16.2. The van der Waals surface area contributed by atoms with E-state index in [2.05, 4.69) is 53.8 Å². The van der Waals surface area contributed by atoms with E-state index in [9.17, 15) is 4.79 Å². The summed E-state index contributed by atoms with van der Waals surface area (Å²) in [6, 6.07) is 10.4. The van der Waals surface area contributed by atoms with E-state index >= 15 is 0 Å². The third-order valence-corrected chi connectivity index (χ3v) is 6.46. The predicted octanol–water partition coefficient (Wildman–Crippen LogP) is 3.90. The van der Waals surface area contributed by atoms with E-state index in [-0.39, 0.29) is 5.91 Å². The summed E-state index contributed by atoms with van der Waals surface area (Å²) < 4.78 is 0. The molecule has 2 aliphatic heterocycles. The van der Waals surface area contributed by atoms with Crippen LogP contribution in [0.4, 0.5) is 11.5 Å². The van der Waals surface area contributed by atoms with Gasteiger partial charge < -0.3 is 14.7 Å². The first-order valence-corrected chi connectivity index (χ1v) is 10.8. The zero-order chi connectivity index (χ0) is 20.4. The Morgan fingerprint density at radius 3 is 2.55 bits per heavy atom. The molecule has 0 spiro atoms. The van der Waals surface area contributed by atoms with E-state index < -0.39 is 0 Å². The molecule has 5 heteroatoms. The molecule has 2 aromatic rings. The number of pyridine rings is 1. The molecule has 1 unspecified atom stereocenters. The van der Waals surface area contributed by atoms with Crippen LogP contribution in [-0.4, -0.2) is 55.1 Å². The smallest absolute Gasteiger partial charge is 0.254 e. The van der Waals surface area contributed by atoms with Gasteiger partial charge in [0, 0.05) is 56.7 Å². The van der Waals surface area contributed by atoms with E-state index in [1.54, 1.807) is 6.20 Å². The van der Waals surface area contributed by atoms with E-state index in [1.807, 2.05) is 17.0 Å². The number of aromatic nitrogens is 1. The lowest BCUT2D eigenvalue weighted by Crippen LogP contribution is -2.47. The number of carbonyl (C=O) groups is 1. The summed E-state index contributed by atoms with van der Waals surface area (Å²) in [4.78, 5) is 24.3. The number of benzene rings is 1. The summed E-state index contributed by atoms with van der Waals surface area (Å²) in [6.07, 6.45) is 4.11. The van der Waals surface area contributed by atoms with Gasteiger partial charge in [0.15, 0.2) is 0 Å².